The van der Waals surface area contributed by atoms with Crippen LogP contribution >= 0.6 is 8.25 Å². The van der Waals surface area contributed by atoms with Crippen molar-refractivity contribution in [1.82, 2.24) is 0 Å². The molecule has 0 saturated heterocycles. The first-order valence-corrected chi connectivity index (χ1v) is 11.9. The summed E-state index contributed by atoms with van der Waals surface area (Å²) in [7, 11) is -2.29. The average Bonchev–Trinajstić information content (AvgIpc) is 2.81. The Morgan fingerprint density at radius 1 is 0.667 bits per heavy atom. The molecule has 2 aromatic carbocycles. The lowest BCUT2D eigenvalue weighted by Crippen LogP contribution is -2.29. The van der Waals surface area contributed by atoms with Crippen LogP contribution < -0.4 is 0 Å². The van der Waals surface area contributed by atoms with Crippen molar-refractivity contribution in [2.45, 2.75) is 64.6 Å². The van der Waals surface area contributed by atoms with Crippen LogP contribution in [0.3, 0.4) is 0 Å². The molecular formula is C26H34O3P+. The molecule has 0 fully saturated rings. The largest absolute Gasteiger partial charge is 0.699 e. The van der Waals surface area contributed by atoms with Crippen LogP contribution in [0.5, 0.6) is 0 Å². The van der Waals surface area contributed by atoms with Crippen molar-refractivity contribution in [3.8, 4) is 0 Å². The molecule has 0 heterocycles. The third kappa shape index (κ3) is 7.02. The predicted octanol–water partition coefficient (Wildman–Crippen LogP) is 8.22. The Labute approximate surface area is 182 Å². The molecule has 2 rings (SSSR count). The first-order chi connectivity index (χ1) is 14.5. The maximum absolute atomic E-state index is 13.0. The molecule has 0 N–H and O–H groups in total. The molecule has 0 spiro atoms. The van der Waals surface area contributed by atoms with Gasteiger partial charge in [-0.2, -0.15) is 0 Å². The van der Waals surface area contributed by atoms with E-state index in [0.717, 1.165) is 11.1 Å². The molecule has 30 heavy (non-hydrogen) atoms. The second kappa shape index (κ2) is 12.0. The maximum Gasteiger partial charge on any atom is 0.699 e. The second-order valence-corrected chi connectivity index (χ2v) is 8.25. The molecule has 0 radical (unpaired) electrons. The van der Waals surface area contributed by atoms with Gasteiger partial charge < -0.3 is 0 Å². The van der Waals surface area contributed by atoms with E-state index in [2.05, 4.69) is 0 Å². The molecule has 0 saturated carbocycles. The van der Waals surface area contributed by atoms with Gasteiger partial charge in [0.1, 0.15) is 11.2 Å². The van der Waals surface area contributed by atoms with Crippen molar-refractivity contribution in [1.29, 1.82) is 0 Å². The smallest absolute Gasteiger partial charge is 0.108 e. The third-order valence-corrected chi connectivity index (χ3v) is 6.69. The lowest BCUT2D eigenvalue weighted by atomic mass is 9.96. The van der Waals surface area contributed by atoms with Crippen molar-refractivity contribution in [3.05, 3.63) is 83.9 Å². The fourth-order valence-electron chi connectivity index (χ4n) is 3.23. The van der Waals surface area contributed by atoms with E-state index >= 15 is 0 Å². The Bertz CT molecular complexity index is 750. The summed E-state index contributed by atoms with van der Waals surface area (Å²) in [6.45, 7) is 8.18. The summed E-state index contributed by atoms with van der Waals surface area (Å²) < 4.78 is 25.0. The zero-order chi connectivity index (χ0) is 21.9. The van der Waals surface area contributed by atoms with E-state index < -0.39 is 19.5 Å². The lowest BCUT2D eigenvalue weighted by molar-refractivity contribution is 0.0485. The van der Waals surface area contributed by atoms with Crippen LogP contribution in [0.2, 0.25) is 0 Å². The molecule has 2 aromatic rings. The SMILES string of the molecule is CCC(C=Cc1ccccc1)(CC)O[P+](=O)OC(C=Cc1ccccc1)(CC)CC. The van der Waals surface area contributed by atoms with Crippen LogP contribution in [-0.2, 0) is 13.6 Å². The van der Waals surface area contributed by atoms with Crippen LogP contribution in [0.25, 0.3) is 12.2 Å². The Morgan fingerprint density at radius 2 is 1.00 bits per heavy atom. The number of rotatable bonds is 12. The van der Waals surface area contributed by atoms with E-state index in [4.69, 9.17) is 9.05 Å². The number of hydrogen-bond donors (Lipinski definition) is 0. The summed E-state index contributed by atoms with van der Waals surface area (Å²) in [6.07, 6.45) is 10.9. The molecule has 0 aliphatic heterocycles. The maximum atomic E-state index is 13.0. The van der Waals surface area contributed by atoms with Gasteiger partial charge in [0.25, 0.3) is 0 Å². The van der Waals surface area contributed by atoms with Crippen molar-refractivity contribution < 1.29 is 13.6 Å². The Balaban J connectivity index is 2.15. The van der Waals surface area contributed by atoms with Crippen molar-refractivity contribution in [2.24, 2.45) is 0 Å². The molecule has 0 aliphatic carbocycles. The Hall–Kier alpha value is -2.06. The first kappa shape index (κ1) is 24.2. The minimum Gasteiger partial charge on any atom is -0.108 e. The molecule has 0 aromatic heterocycles. The normalized spacial score (nSPS) is 13.3. The van der Waals surface area contributed by atoms with Crippen LogP contribution in [0, 0.1) is 0 Å². The summed E-state index contributed by atoms with van der Waals surface area (Å²) in [6, 6.07) is 20.1. The van der Waals surface area contributed by atoms with Crippen molar-refractivity contribution in [2.75, 3.05) is 0 Å². The molecule has 0 atom stereocenters. The standard InChI is InChI=1S/C26H34O3P/c1-5-25(6-2,21-19-23-15-11-9-12-16-23)28-30(27)29-26(7-3,8-4)22-20-24-17-13-10-14-18-24/h9-22H,5-8H2,1-4H3/q+1. The van der Waals surface area contributed by atoms with Crippen LogP contribution in [0.15, 0.2) is 72.8 Å². The summed E-state index contributed by atoms with van der Waals surface area (Å²) in [5, 5.41) is 0. The summed E-state index contributed by atoms with van der Waals surface area (Å²) in [5.41, 5.74) is 0.927. The summed E-state index contributed by atoms with van der Waals surface area (Å²) in [5.74, 6) is 0. The molecule has 160 valence electrons. The molecule has 4 heteroatoms. The highest BCUT2D eigenvalue weighted by Crippen LogP contribution is 2.42. The molecule has 0 amide bonds. The highest BCUT2D eigenvalue weighted by molar-refractivity contribution is 7.33. The second-order valence-electron chi connectivity index (χ2n) is 7.44. The van der Waals surface area contributed by atoms with Crippen LogP contribution in [0.4, 0.5) is 0 Å². The minimum atomic E-state index is -2.29. The molecular weight excluding hydrogens is 391 g/mol. The fourth-order valence-corrected chi connectivity index (χ4v) is 4.50. The zero-order valence-corrected chi connectivity index (χ0v) is 19.5. The Kier molecular flexibility index (Phi) is 9.65. The minimum absolute atomic E-state index is 0.625. The number of hydrogen-bond acceptors (Lipinski definition) is 3. The first-order valence-electron chi connectivity index (χ1n) is 10.8. The van der Waals surface area contributed by atoms with E-state index in [-0.39, 0.29) is 0 Å². The molecule has 0 bridgehead atoms. The molecule has 0 unspecified atom stereocenters. The van der Waals surface area contributed by atoms with Gasteiger partial charge in [0.15, 0.2) is 0 Å². The van der Waals surface area contributed by atoms with Gasteiger partial charge in [-0.25, -0.2) is 0 Å². The van der Waals surface area contributed by atoms with Gasteiger partial charge in [0.2, 0.25) is 0 Å². The monoisotopic (exact) mass is 425 g/mol. The van der Waals surface area contributed by atoms with E-state index in [1.54, 1.807) is 0 Å². The van der Waals surface area contributed by atoms with Gasteiger partial charge in [0, 0.05) is 4.57 Å². The molecule has 3 nitrogen and oxygen atoms in total. The van der Waals surface area contributed by atoms with E-state index in [0.29, 0.717) is 25.7 Å². The average molecular weight is 426 g/mol. The van der Waals surface area contributed by atoms with Crippen LogP contribution in [-0.4, -0.2) is 11.2 Å². The van der Waals surface area contributed by atoms with E-state index in [9.17, 15) is 4.57 Å². The zero-order valence-electron chi connectivity index (χ0n) is 18.6. The lowest BCUT2D eigenvalue weighted by Gasteiger charge is -2.24. The Morgan fingerprint density at radius 3 is 1.30 bits per heavy atom. The van der Waals surface area contributed by atoms with Crippen molar-refractivity contribution in [3.63, 3.8) is 0 Å². The van der Waals surface area contributed by atoms with Gasteiger partial charge in [-0.1, -0.05) is 101 Å². The van der Waals surface area contributed by atoms with E-state index in [1.807, 2.05) is 113 Å². The third-order valence-electron chi connectivity index (χ3n) is 5.66. The fraction of sp³-hybridized carbons (Fsp3) is 0.385. The predicted molar refractivity (Wildman–Crippen MR) is 127 cm³/mol. The van der Waals surface area contributed by atoms with Crippen LogP contribution in [0.1, 0.15) is 64.5 Å². The summed E-state index contributed by atoms with van der Waals surface area (Å²) in [4.78, 5) is 0. The number of benzene rings is 2. The topological polar surface area (TPSA) is 35.5 Å². The van der Waals surface area contributed by atoms with Crippen molar-refractivity contribution >= 4 is 20.4 Å². The highest BCUT2D eigenvalue weighted by Gasteiger charge is 2.43. The quantitative estimate of drug-likeness (QED) is 0.321. The van der Waals surface area contributed by atoms with Gasteiger partial charge in [-0.05, 0) is 49.0 Å². The molecule has 0 aliphatic rings. The van der Waals surface area contributed by atoms with Gasteiger partial charge in [-0.3, -0.25) is 0 Å². The van der Waals surface area contributed by atoms with Gasteiger partial charge in [-0.15, -0.1) is 9.05 Å². The van der Waals surface area contributed by atoms with Gasteiger partial charge in [0.05, 0.1) is 0 Å². The summed E-state index contributed by atoms with van der Waals surface area (Å²) >= 11 is 0. The van der Waals surface area contributed by atoms with E-state index in [1.165, 1.54) is 0 Å². The highest BCUT2D eigenvalue weighted by atomic mass is 31.1. The van der Waals surface area contributed by atoms with Gasteiger partial charge >= 0.3 is 8.25 Å².